The van der Waals surface area contributed by atoms with Crippen LogP contribution in [0, 0.1) is 19.8 Å². The van der Waals surface area contributed by atoms with Crippen LogP contribution in [-0.2, 0) is 23.9 Å². The van der Waals surface area contributed by atoms with E-state index >= 15 is 0 Å². The van der Waals surface area contributed by atoms with Gasteiger partial charge in [0.05, 0.1) is 11.5 Å². The number of carbonyl (C=O) groups excluding carboxylic acids is 2. The first-order chi connectivity index (χ1) is 13.8. The molecule has 0 saturated heterocycles. The second kappa shape index (κ2) is 8.67. The maximum Gasteiger partial charge on any atom is 0.314 e. The van der Waals surface area contributed by atoms with Gasteiger partial charge in [0, 0.05) is 7.11 Å². The van der Waals surface area contributed by atoms with E-state index < -0.39 is 5.54 Å². The Hall–Kier alpha value is -2.18. The number of hydrogen-bond acceptors (Lipinski definition) is 5. The highest BCUT2D eigenvalue weighted by Gasteiger charge is 2.50. The van der Waals surface area contributed by atoms with Gasteiger partial charge in [-0.25, -0.2) is 9.90 Å². The summed E-state index contributed by atoms with van der Waals surface area (Å²) in [6.07, 6.45) is 4.90. The van der Waals surface area contributed by atoms with Crippen molar-refractivity contribution >= 4 is 17.4 Å². The molecule has 1 heterocycles. The van der Waals surface area contributed by atoms with Crippen LogP contribution in [0.5, 0.6) is 0 Å². The molecule has 1 aromatic rings. The second-order valence-corrected chi connectivity index (χ2v) is 8.42. The fourth-order valence-electron chi connectivity index (χ4n) is 4.30. The van der Waals surface area contributed by atoms with Crippen LogP contribution in [0.25, 0.3) is 5.57 Å². The van der Waals surface area contributed by atoms with Gasteiger partial charge in [-0.3, -0.25) is 9.59 Å². The molecule has 0 N–H and O–H groups in total. The third kappa shape index (κ3) is 4.09. The number of hydroxylamine groups is 2. The summed E-state index contributed by atoms with van der Waals surface area (Å²) < 4.78 is 11.0. The van der Waals surface area contributed by atoms with Gasteiger partial charge in [0.15, 0.2) is 6.79 Å². The number of carbonyl (C=O) groups is 2. The van der Waals surface area contributed by atoms with Gasteiger partial charge in [0.25, 0.3) is 5.91 Å². The van der Waals surface area contributed by atoms with Crippen molar-refractivity contribution in [1.29, 1.82) is 0 Å². The molecule has 0 aromatic heterocycles. The van der Waals surface area contributed by atoms with Crippen molar-refractivity contribution in [2.24, 2.45) is 5.92 Å². The minimum atomic E-state index is -0.940. The first kappa shape index (κ1) is 21.5. The Morgan fingerprint density at radius 3 is 2.34 bits per heavy atom. The van der Waals surface area contributed by atoms with E-state index in [1.165, 1.54) is 12.2 Å². The van der Waals surface area contributed by atoms with Crippen molar-refractivity contribution in [2.45, 2.75) is 65.3 Å². The van der Waals surface area contributed by atoms with Gasteiger partial charge in [0.1, 0.15) is 11.3 Å². The van der Waals surface area contributed by atoms with E-state index in [-0.39, 0.29) is 24.6 Å². The number of methoxy groups -OCH3 is 1. The van der Waals surface area contributed by atoms with Crippen LogP contribution >= 0.6 is 0 Å². The Kier molecular flexibility index (Phi) is 6.44. The molecule has 0 bridgehead atoms. The van der Waals surface area contributed by atoms with Crippen LogP contribution in [-0.4, -0.2) is 36.4 Å². The Morgan fingerprint density at radius 2 is 1.76 bits per heavy atom. The third-order valence-corrected chi connectivity index (χ3v) is 5.86. The van der Waals surface area contributed by atoms with E-state index in [9.17, 15) is 9.59 Å². The highest BCUT2D eigenvalue weighted by atomic mass is 16.8. The molecule has 2 aliphatic rings. The molecule has 1 aromatic carbocycles. The predicted octanol–water partition coefficient (Wildman–Crippen LogP) is 4.29. The van der Waals surface area contributed by atoms with Gasteiger partial charge in [-0.05, 0) is 57.2 Å². The Bertz CT molecular complexity index is 800. The second-order valence-electron chi connectivity index (χ2n) is 8.42. The van der Waals surface area contributed by atoms with Gasteiger partial charge in [0.2, 0.25) is 0 Å². The number of nitrogens with zero attached hydrogens (tertiary/aromatic N) is 1. The summed E-state index contributed by atoms with van der Waals surface area (Å²) in [5.74, 6) is -0.337. The zero-order valence-corrected chi connectivity index (χ0v) is 18.0. The molecule has 1 fully saturated rings. The lowest BCUT2D eigenvalue weighted by Crippen LogP contribution is -2.44. The molecule has 1 aliphatic heterocycles. The van der Waals surface area contributed by atoms with Crippen LogP contribution in [0.15, 0.2) is 24.0 Å². The quantitative estimate of drug-likeness (QED) is 0.525. The van der Waals surface area contributed by atoms with Crippen molar-refractivity contribution in [3.8, 4) is 0 Å². The smallest absolute Gasteiger partial charge is 0.314 e. The summed E-state index contributed by atoms with van der Waals surface area (Å²) in [4.78, 5) is 32.0. The molecule has 3 rings (SSSR count). The molecule has 1 saturated carbocycles. The van der Waals surface area contributed by atoms with Gasteiger partial charge in [-0.1, -0.05) is 37.5 Å². The number of amides is 1. The van der Waals surface area contributed by atoms with Gasteiger partial charge in [-0.15, -0.1) is 0 Å². The highest BCUT2D eigenvalue weighted by Crippen LogP contribution is 2.43. The maximum atomic E-state index is 13.4. The molecule has 1 aliphatic carbocycles. The van der Waals surface area contributed by atoms with Crippen molar-refractivity contribution in [1.82, 2.24) is 5.06 Å². The lowest BCUT2D eigenvalue weighted by Gasteiger charge is -2.32. The fourth-order valence-corrected chi connectivity index (χ4v) is 4.30. The Morgan fingerprint density at radius 1 is 1.14 bits per heavy atom. The summed E-state index contributed by atoms with van der Waals surface area (Å²) in [6, 6.07) is 5.86. The summed E-state index contributed by atoms with van der Waals surface area (Å²) in [5.41, 5.74) is 2.14. The molecule has 0 radical (unpaired) electrons. The predicted molar refractivity (Wildman–Crippen MR) is 109 cm³/mol. The first-order valence-corrected chi connectivity index (χ1v) is 10.3. The van der Waals surface area contributed by atoms with Gasteiger partial charge >= 0.3 is 5.97 Å². The third-order valence-electron chi connectivity index (χ3n) is 5.86. The molecule has 29 heavy (non-hydrogen) atoms. The number of benzene rings is 1. The van der Waals surface area contributed by atoms with E-state index in [0.29, 0.717) is 11.3 Å². The van der Waals surface area contributed by atoms with Crippen molar-refractivity contribution in [3.63, 3.8) is 0 Å². The van der Waals surface area contributed by atoms with Crippen LogP contribution in [0.4, 0.5) is 0 Å². The van der Waals surface area contributed by atoms with E-state index in [1.54, 1.807) is 0 Å². The fraction of sp³-hybridized carbons (Fsp3) is 0.565. The number of esters is 1. The normalized spacial score (nSPS) is 19.8. The standard InChI is InChI=1S/C23H31NO5/c1-15-10-9-11-16(2)18(15)19-20(29-22(26)17-12-7-6-8-13-17)23(3,4)24(21(19)25)28-14-27-5/h9-11,17H,6-8,12-14H2,1-5H3. The highest BCUT2D eigenvalue weighted by molar-refractivity contribution is 6.23. The van der Waals surface area contributed by atoms with Crippen LogP contribution < -0.4 is 0 Å². The van der Waals surface area contributed by atoms with E-state index in [0.717, 1.165) is 48.8 Å². The Labute approximate surface area is 172 Å². The molecular weight excluding hydrogens is 370 g/mol. The topological polar surface area (TPSA) is 65.1 Å². The molecule has 6 heteroatoms. The summed E-state index contributed by atoms with van der Waals surface area (Å²) >= 11 is 0. The zero-order chi connectivity index (χ0) is 21.2. The maximum absolute atomic E-state index is 13.4. The van der Waals surface area contributed by atoms with Crippen LogP contribution in [0.1, 0.15) is 62.6 Å². The number of rotatable bonds is 6. The molecular formula is C23H31NO5. The van der Waals surface area contributed by atoms with Crippen LogP contribution in [0.2, 0.25) is 0 Å². The SMILES string of the molecule is COCON1C(=O)C(c2c(C)cccc2C)=C(OC(=O)C2CCCCC2)C1(C)C. The molecule has 1 amide bonds. The van der Waals surface area contributed by atoms with E-state index in [1.807, 2.05) is 45.9 Å². The Balaban J connectivity index is 2.06. The minimum absolute atomic E-state index is 0.0704. The average Bonchev–Trinajstić information content (AvgIpc) is 2.87. The summed E-state index contributed by atoms with van der Waals surface area (Å²) in [5, 5.41) is 1.27. The lowest BCUT2D eigenvalue weighted by atomic mass is 9.89. The number of ether oxygens (including phenoxy) is 2. The average molecular weight is 402 g/mol. The number of aryl methyl sites for hydroxylation is 2. The summed E-state index contributed by atoms with van der Waals surface area (Å²) in [7, 11) is 1.50. The minimum Gasteiger partial charge on any atom is -0.427 e. The van der Waals surface area contributed by atoms with Gasteiger partial charge in [-0.2, -0.15) is 0 Å². The van der Waals surface area contributed by atoms with E-state index in [4.69, 9.17) is 14.3 Å². The molecule has 0 atom stereocenters. The monoisotopic (exact) mass is 401 g/mol. The molecule has 6 nitrogen and oxygen atoms in total. The first-order valence-electron chi connectivity index (χ1n) is 10.3. The van der Waals surface area contributed by atoms with Gasteiger partial charge < -0.3 is 9.47 Å². The van der Waals surface area contributed by atoms with Crippen LogP contribution in [0.3, 0.4) is 0 Å². The molecule has 158 valence electrons. The largest absolute Gasteiger partial charge is 0.427 e. The zero-order valence-electron chi connectivity index (χ0n) is 18.0. The lowest BCUT2D eigenvalue weighted by molar-refractivity contribution is -0.239. The molecule has 0 spiro atoms. The molecule has 0 unspecified atom stereocenters. The van der Waals surface area contributed by atoms with Crippen molar-refractivity contribution in [2.75, 3.05) is 13.9 Å². The van der Waals surface area contributed by atoms with E-state index in [2.05, 4.69) is 0 Å². The summed E-state index contributed by atoms with van der Waals surface area (Å²) in [6.45, 7) is 7.48. The van der Waals surface area contributed by atoms with Crippen molar-refractivity contribution < 1.29 is 23.9 Å². The van der Waals surface area contributed by atoms with Crippen molar-refractivity contribution in [3.05, 3.63) is 40.6 Å². The number of hydrogen-bond donors (Lipinski definition) is 0.